The van der Waals surface area contributed by atoms with E-state index in [1.54, 1.807) is 12.1 Å². The number of nitrogens with zero attached hydrogens (tertiary/aromatic N) is 2. The standard InChI is InChI=1S/C25H21Cl2N3OS/c26-20-11-12-21(22(27)13-20)23-17-32-25(28-23)29-24(31)16-30(14-18-7-3-1-4-8-18)15-19-9-5-2-6-10-19/h1-13,17H,14-16H2,(H,28,29,31). The molecule has 0 saturated carbocycles. The van der Waals surface area contributed by atoms with Gasteiger partial charge in [0, 0.05) is 29.1 Å². The quantitative estimate of drug-likeness (QED) is 0.302. The van der Waals surface area contributed by atoms with Gasteiger partial charge in [-0.05, 0) is 29.3 Å². The van der Waals surface area contributed by atoms with E-state index in [4.69, 9.17) is 23.2 Å². The largest absolute Gasteiger partial charge is 0.301 e. The van der Waals surface area contributed by atoms with Crippen LogP contribution in [-0.2, 0) is 17.9 Å². The molecule has 0 aliphatic carbocycles. The number of nitrogens with one attached hydrogen (secondary N) is 1. The molecule has 1 heterocycles. The molecule has 3 aromatic carbocycles. The highest BCUT2D eigenvalue weighted by Gasteiger charge is 2.15. The molecule has 0 saturated heterocycles. The molecule has 4 rings (SSSR count). The number of carbonyl (C=O) groups excluding carboxylic acids is 1. The molecule has 0 radical (unpaired) electrons. The molecule has 0 unspecified atom stereocenters. The number of amides is 1. The number of benzene rings is 3. The molecule has 1 amide bonds. The van der Waals surface area contributed by atoms with Crippen molar-refractivity contribution in [2.24, 2.45) is 0 Å². The van der Waals surface area contributed by atoms with Crippen molar-refractivity contribution >= 4 is 45.6 Å². The molecular formula is C25H21Cl2N3OS. The molecule has 7 heteroatoms. The van der Waals surface area contributed by atoms with E-state index in [0.29, 0.717) is 34.0 Å². The highest BCUT2D eigenvalue weighted by molar-refractivity contribution is 7.14. The third-order valence-electron chi connectivity index (χ3n) is 4.82. The van der Waals surface area contributed by atoms with Crippen molar-refractivity contribution < 1.29 is 4.79 Å². The van der Waals surface area contributed by atoms with Crippen LogP contribution in [0, 0.1) is 0 Å². The molecule has 1 N–H and O–H groups in total. The fraction of sp³-hybridized carbons (Fsp3) is 0.120. The van der Waals surface area contributed by atoms with Gasteiger partial charge in [-0.1, -0.05) is 83.9 Å². The zero-order chi connectivity index (χ0) is 22.3. The Morgan fingerprint density at radius 3 is 2.12 bits per heavy atom. The maximum atomic E-state index is 12.8. The minimum Gasteiger partial charge on any atom is -0.301 e. The highest BCUT2D eigenvalue weighted by Crippen LogP contribution is 2.32. The van der Waals surface area contributed by atoms with Crippen LogP contribution in [0.2, 0.25) is 10.0 Å². The summed E-state index contributed by atoms with van der Waals surface area (Å²) < 4.78 is 0. The summed E-state index contributed by atoms with van der Waals surface area (Å²) in [6.07, 6.45) is 0. The molecule has 0 fully saturated rings. The average Bonchev–Trinajstić information content (AvgIpc) is 3.23. The molecular weight excluding hydrogens is 461 g/mol. The molecule has 162 valence electrons. The van der Waals surface area contributed by atoms with Gasteiger partial charge in [-0.3, -0.25) is 9.69 Å². The molecule has 1 aromatic heterocycles. The number of hydrogen-bond acceptors (Lipinski definition) is 4. The van der Waals surface area contributed by atoms with E-state index in [0.717, 1.165) is 16.7 Å². The fourth-order valence-electron chi connectivity index (χ4n) is 3.36. The van der Waals surface area contributed by atoms with Gasteiger partial charge in [0.15, 0.2) is 5.13 Å². The van der Waals surface area contributed by atoms with Gasteiger partial charge in [0.25, 0.3) is 0 Å². The number of halogens is 2. The Labute approximate surface area is 201 Å². The van der Waals surface area contributed by atoms with E-state index < -0.39 is 0 Å². The summed E-state index contributed by atoms with van der Waals surface area (Å²) in [6.45, 7) is 1.60. The Bertz CT molecular complexity index is 1140. The Kier molecular flexibility index (Phi) is 7.55. The van der Waals surface area contributed by atoms with Crippen LogP contribution in [0.25, 0.3) is 11.3 Å². The van der Waals surface area contributed by atoms with E-state index in [9.17, 15) is 4.79 Å². The summed E-state index contributed by atoms with van der Waals surface area (Å²) in [5.74, 6) is -0.111. The van der Waals surface area contributed by atoms with Gasteiger partial charge in [0.2, 0.25) is 5.91 Å². The Morgan fingerprint density at radius 1 is 0.906 bits per heavy atom. The predicted molar refractivity (Wildman–Crippen MR) is 133 cm³/mol. The minimum absolute atomic E-state index is 0.111. The fourth-order valence-corrected chi connectivity index (χ4v) is 4.60. The van der Waals surface area contributed by atoms with Crippen LogP contribution in [0.3, 0.4) is 0 Å². The van der Waals surface area contributed by atoms with Crippen molar-refractivity contribution in [2.45, 2.75) is 13.1 Å². The van der Waals surface area contributed by atoms with Crippen molar-refractivity contribution in [1.29, 1.82) is 0 Å². The van der Waals surface area contributed by atoms with Gasteiger partial charge < -0.3 is 5.32 Å². The monoisotopic (exact) mass is 481 g/mol. The molecule has 4 aromatic rings. The summed E-state index contributed by atoms with van der Waals surface area (Å²) in [5, 5.41) is 6.43. The lowest BCUT2D eigenvalue weighted by molar-refractivity contribution is -0.117. The van der Waals surface area contributed by atoms with Crippen molar-refractivity contribution in [3.63, 3.8) is 0 Å². The van der Waals surface area contributed by atoms with Crippen LogP contribution < -0.4 is 5.32 Å². The Hall–Kier alpha value is -2.70. The SMILES string of the molecule is O=C(CN(Cc1ccccc1)Cc1ccccc1)Nc1nc(-c2ccc(Cl)cc2Cl)cs1. The van der Waals surface area contributed by atoms with Gasteiger partial charge in [-0.15, -0.1) is 11.3 Å². The van der Waals surface area contributed by atoms with E-state index in [-0.39, 0.29) is 12.5 Å². The van der Waals surface area contributed by atoms with Crippen LogP contribution in [0.15, 0.2) is 84.2 Å². The van der Waals surface area contributed by atoms with E-state index >= 15 is 0 Å². The van der Waals surface area contributed by atoms with Crippen LogP contribution in [0.1, 0.15) is 11.1 Å². The molecule has 0 atom stereocenters. The topological polar surface area (TPSA) is 45.2 Å². The molecule has 32 heavy (non-hydrogen) atoms. The second-order valence-electron chi connectivity index (χ2n) is 7.33. The summed E-state index contributed by atoms with van der Waals surface area (Å²) >= 11 is 13.6. The van der Waals surface area contributed by atoms with Gasteiger partial charge in [-0.25, -0.2) is 4.98 Å². The average molecular weight is 482 g/mol. The van der Waals surface area contributed by atoms with E-state index in [2.05, 4.69) is 39.5 Å². The first-order chi connectivity index (χ1) is 15.6. The molecule has 0 aliphatic rings. The smallest absolute Gasteiger partial charge is 0.240 e. The van der Waals surface area contributed by atoms with Crippen molar-refractivity contribution in [1.82, 2.24) is 9.88 Å². The van der Waals surface area contributed by atoms with Crippen LogP contribution >= 0.6 is 34.5 Å². The second-order valence-corrected chi connectivity index (χ2v) is 9.03. The zero-order valence-electron chi connectivity index (χ0n) is 17.2. The van der Waals surface area contributed by atoms with E-state index in [1.165, 1.54) is 11.3 Å². The van der Waals surface area contributed by atoms with Crippen molar-refractivity contribution in [3.8, 4) is 11.3 Å². The first-order valence-corrected chi connectivity index (χ1v) is 11.7. The first kappa shape index (κ1) is 22.5. The lowest BCUT2D eigenvalue weighted by Crippen LogP contribution is -2.32. The predicted octanol–water partition coefficient (Wildman–Crippen LogP) is 6.76. The normalized spacial score (nSPS) is 11.0. The highest BCUT2D eigenvalue weighted by atomic mass is 35.5. The number of thiazole rings is 1. The Balaban J connectivity index is 1.44. The third kappa shape index (κ3) is 6.17. The van der Waals surface area contributed by atoms with Gasteiger partial charge in [-0.2, -0.15) is 0 Å². The van der Waals surface area contributed by atoms with Crippen molar-refractivity contribution in [3.05, 3.63) is 105 Å². The molecule has 0 aliphatic heterocycles. The molecule has 4 nitrogen and oxygen atoms in total. The van der Waals surface area contributed by atoms with Gasteiger partial charge in [0.05, 0.1) is 17.3 Å². The third-order valence-corrected chi connectivity index (χ3v) is 6.13. The minimum atomic E-state index is -0.111. The lowest BCUT2D eigenvalue weighted by Gasteiger charge is -2.22. The number of anilines is 1. The maximum Gasteiger partial charge on any atom is 0.240 e. The van der Waals surface area contributed by atoms with E-state index in [1.807, 2.05) is 47.8 Å². The van der Waals surface area contributed by atoms with Crippen molar-refractivity contribution in [2.75, 3.05) is 11.9 Å². The summed E-state index contributed by atoms with van der Waals surface area (Å²) in [5.41, 5.74) is 3.80. The van der Waals surface area contributed by atoms with Crippen LogP contribution in [-0.4, -0.2) is 22.3 Å². The number of aromatic nitrogens is 1. The second kappa shape index (κ2) is 10.7. The van der Waals surface area contributed by atoms with Gasteiger partial charge >= 0.3 is 0 Å². The number of carbonyl (C=O) groups is 1. The van der Waals surface area contributed by atoms with Crippen LogP contribution in [0.4, 0.5) is 5.13 Å². The molecule has 0 bridgehead atoms. The number of hydrogen-bond donors (Lipinski definition) is 1. The summed E-state index contributed by atoms with van der Waals surface area (Å²) in [6, 6.07) is 25.6. The first-order valence-electron chi connectivity index (χ1n) is 10.1. The molecule has 0 spiro atoms. The lowest BCUT2D eigenvalue weighted by atomic mass is 10.1. The zero-order valence-corrected chi connectivity index (χ0v) is 19.5. The maximum absolute atomic E-state index is 12.8. The van der Waals surface area contributed by atoms with Gasteiger partial charge in [0.1, 0.15) is 0 Å². The Morgan fingerprint density at radius 2 is 1.53 bits per heavy atom. The summed E-state index contributed by atoms with van der Waals surface area (Å²) in [4.78, 5) is 19.5. The van der Waals surface area contributed by atoms with Crippen LogP contribution in [0.5, 0.6) is 0 Å². The summed E-state index contributed by atoms with van der Waals surface area (Å²) in [7, 11) is 0. The number of rotatable bonds is 8.